The molecule has 6 nitrogen and oxygen atoms in total. The molecule has 0 radical (unpaired) electrons. The smallest absolute Gasteiger partial charge is 0.255 e. The van der Waals surface area contributed by atoms with Gasteiger partial charge in [-0.25, -0.2) is 17.9 Å². The number of sulfonamides is 1. The van der Waals surface area contributed by atoms with Crippen molar-refractivity contribution in [3.05, 3.63) is 0 Å². The van der Waals surface area contributed by atoms with E-state index in [-0.39, 0.29) is 0 Å². The molecule has 8 heteroatoms. The van der Waals surface area contributed by atoms with Crippen molar-refractivity contribution in [1.82, 2.24) is 9.62 Å². The van der Waals surface area contributed by atoms with Crippen LogP contribution in [0, 0.1) is 0 Å². The maximum Gasteiger partial charge on any atom is 0.338 e. The van der Waals surface area contributed by atoms with E-state index in [1.807, 2.05) is 0 Å². The van der Waals surface area contributed by atoms with Gasteiger partial charge >= 0.3 is 11.4 Å². The third-order valence-corrected chi connectivity index (χ3v) is 1.64. The summed E-state index contributed by atoms with van der Waals surface area (Å²) >= 11 is 4.88. The molecule has 0 aliphatic carbocycles. The van der Waals surface area contributed by atoms with E-state index in [1.54, 1.807) is 4.72 Å². The van der Waals surface area contributed by atoms with Crippen LogP contribution in [-0.4, -0.2) is 38.0 Å². The molecule has 0 rings (SSSR count). The van der Waals surface area contributed by atoms with E-state index in [0.717, 1.165) is 13.3 Å². The van der Waals surface area contributed by atoms with Crippen molar-refractivity contribution in [3.63, 3.8) is 0 Å². The van der Waals surface area contributed by atoms with Crippen molar-refractivity contribution in [2.24, 2.45) is 0 Å². The molecule has 3 amide bonds. The quantitative estimate of drug-likeness (QED) is 0.490. The third-order valence-electron chi connectivity index (χ3n) is 0.841. The van der Waals surface area contributed by atoms with Gasteiger partial charge in [0, 0.05) is 7.05 Å². The SMILES string of the molecule is CN(C(=O)Cl)C(=O)NS(C)(=O)=O. The van der Waals surface area contributed by atoms with Crippen molar-refractivity contribution in [2.75, 3.05) is 13.3 Å². The molecule has 0 atom stereocenters. The molecule has 0 saturated heterocycles. The zero-order valence-electron chi connectivity index (χ0n) is 6.37. The lowest BCUT2D eigenvalue weighted by Crippen LogP contribution is -2.41. The van der Waals surface area contributed by atoms with Gasteiger partial charge in [0.05, 0.1) is 6.26 Å². The zero-order valence-corrected chi connectivity index (χ0v) is 7.94. The average Bonchev–Trinajstić information content (AvgIpc) is 1.82. The summed E-state index contributed by atoms with van der Waals surface area (Å²) < 4.78 is 22.5. The molecule has 0 saturated carbocycles. The highest BCUT2D eigenvalue weighted by Crippen LogP contribution is 1.93. The molecule has 0 unspecified atom stereocenters. The molecule has 0 bridgehead atoms. The Hall–Kier alpha value is -0.820. The maximum absolute atomic E-state index is 10.7. The molecule has 12 heavy (non-hydrogen) atoms. The van der Waals surface area contributed by atoms with Gasteiger partial charge in [-0.05, 0) is 11.6 Å². The minimum absolute atomic E-state index is 0.433. The van der Waals surface area contributed by atoms with Crippen LogP contribution in [0.3, 0.4) is 0 Å². The van der Waals surface area contributed by atoms with Crippen LogP contribution in [0.2, 0.25) is 0 Å². The van der Waals surface area contributed by atoms with Crippen LogP contribution in [0.4, 0.5) is 9.59 Å². The van der Waals surface area contributed by atoms with E-state index in [9.17, 15) is 18.0 Å². The lowest BCUT2D eigenvalue weighted by atomic mass is 10.8. The van der Waals surface area contributed by atoms with Crippen molar-refractivity contribution < 1.29 is 18.0 Å². The fourth-order valence-electron chi connectivity index (χ4n) is 0.307. The number of nitrogens with zero attached hydrogens (tertiary/aromatic N) is 1. The van der Waals surface area contributed by atoms with Gasteiger partial charge in [-0.15, -0.1) is 0 Å². The number of imide groups is 1. The number of carbonyl (C=O) groups excluding carboxylic acids is 2. The highest BCUT2D eigenvalue weighted by molar-refractivity contribution is 7.89. The van der Waals surface area contributed by atoms with Gasteiger partial charge in [-0.2, -0.15) is 0 Å². The maximum atomic E-state index is 10.7. The van der Waals surface area contributed by atoms with E-state index in [0.29, 0.717) is 4.90 Å². The number of hydrogen-bond donors (Lipinski definition) is 1. The normalized spacial score (nSPS) is 10.6. The number of hydrogen-bond acceptors (Lipinski definition) is 4. The second-order valence-corrected chi connectivity index (χ2v) is 4.06. The van der Waals surface area contributed by atoms with Gasteiger partial charge < -0.3 is 0 Å². The first-order valence-electron chi connectivity index (χ1n) is 2.69. The third kappa shape index (κ3) is 4.14. The molecular weight excluding hydrogens is 208 g/mol. The Balaban J connectivity index is 4.35. The number of nitrogens with one attached hydrogen (secondary N) is 1. The van der Waals surface area contributed by atoms with Crippen LogP contribution in [0.1, 0.15) is 0 Å². The highest BCUT2D eigenvalue weighted by atomic mass is 35.5. The summed E-state index contributed by atoms with van der Waals surface area (Å²) in [7, 11) is -2.60. The van der Waals surface area contributed by atoms with Crippen molar-refractivity contribution in [2.45, 2.75) is 0 Å². The largest absolute Gasteiger partial charge is 0.338 e. The van der Waals surface area contributed by atoms with E-state index in [2.05, 4.69) is 0 Å². The second-order valence-electron chi connectivity index (χ2n) is 1.99. The van der Waals surface area contributed by atoms with Gasteiger partial charge in [0.1, 0.15) is 0 Å². The second kappa shape index (κ2) is 3.72. The average molecular weight is 215 g/mol. The molecule has 0 fully saturated rings. The predicted octanol–water partition coefficient (Wildman–Crippen LogP) is -0.0538. The lowest BCUT2D eigenvalue weighted by molar-refractivity contribution is 0.211. The topological polar surface area (TPSA) is 83.6 Å². The summed E-state index contributed by atoms with van der Waals surface area (Å²) in [6, 6.07) is -1.09. The Morgan fingerprint density at radius 2 is 1.83 bits per heavy atom. The molecule has 0 aliphatic rings. The van der Waals surface area contributed by atoms with Gasteiger partial charge in [-0.1, -0.05) is 0 Å². The Labute approximate surface area is 74.5 Å². The Bertz CT molecular complexity index is 298. The van der Waals surface area contributed by atoms with E-state index in [1.165, 1.54) is 0 Å². The molecule has 0 aromatic rings. The van der Waals surface area contributed by atoms with Crippen molar-refractivity contribution >= 4 is 33.0 Å². The number of amides is 3. The predicted molar refractivity (Wildman–Crippen MR) is 42.4 cm³/mol. The number of halogens is 1. The molecule has 0 aromatic carbocycles. The molecule has 0 aromatic heterocycles. The van der Waals surface area contributed by atoms with Gasteiger partial charge in [0.2, 0.25) is 10.0 Å². The summed E-state index contributed by atoms with van der Waals surface area (Å²) in [6.45, 7) is 0. The number of carbonyl (C=O) groups is 2. The van der Waals surface area contributed by atoms with E-state index >= 15 is 0 Å². The first-order valence-corrected chi connectivity index (χ1v) is 4.96. The van der Waals surface area contributed by atoms with Crippen molar-refractivity contribution in [1.29, 1.82) is 0 Å². The van der Waals surface area contributed by atoms with Crippen LogP contribution >= 0.6 is 11.6 Å². The molecule has 1 N–H and O–H groups in total. The van der Waals surface area contributed by atoms with Gasteiger partial charge in [-0.3, -0.25) is 9.69 Å². The summed E-state index contributed by atoms with van der Waals surface area (Å²) in [5, 5.41) is -1.06. The van der Waals surface area contributed by atoms with Crippen molar-refractivity contribution in [3.8, 4) is 0 Å². The fourth-order valence-corrected chi connectivity index (χ4v) is 0.838. The van der Waals surface area contributed by atoms with Crippen LogP contribution in [0.5, 0.6) is 0 Å². The van der Waals surface area contributed by atoms with Crippen LogP contribution in [0.15, 0.2) is 0 Å². The molecule has 0 heterocycles. The Kier molecular flexibility index (Phi) is 3.47. The van der Waals surface area contributed by atoms with Gasteiger partial charge in [0.15, 0.2) is 0 Å². The monoisotopic (exact) mass is 214 g/mol. The standard InChI is InChI=1S/C4H7ClN2O4S/c1-7(3(5)8)4(9)6-12(2,10)11/h1-2H3,(H,6,9). The van der Waals surface area contributed by atoms with Crippen LogP contribution < -0.4 is 4.72 Å². The Morgan fingerprint density at radius 1 is 1.42 bits per heavy atom. The number of urea groups is 1. The molecule has 0 spiro atoms. The van der Waals surface area contributed by atoms with Crippen LogP contribution in [0.25, 0.3) is 0 Å². The number of rotatable bonds is 1. The first-order chi connectivity index (χ1) is 5.24. The summed E-state index contributed by atoms with van der Waals surface area (Å²) in [4.78, 5) is 21.5. The van der Waals surface area contributed by atoms with Crippen LogP contribution in [-0.2, 0) is 10.0 Å². The summed E-state index contributed by atoms with van der Waals surface area (Å²) in [6.07, 6.45) is 0.789. The molecule has 70 valence electrons. The van der Waals surface area contributed by atoms with Gasteiger partial charge in [0.25, 0.3) is 0 Å². The molecular formula is C4H7ClN2O4S. The van der Waals surface area contributed by atoms with E-state index in [4.69, 9.17) is 11.6 Å². The lowest BCUT2D eigenvalue weighted by Gasteiger charge is -2.10. The molecule has 0 aliphatic heterocycles. The summed E-state index contributed by atoms with van der Waals surface area (Å²) in [5.74, 6) is 0. The first kappa shape index (κ1) is 11.2. The fraction of sp³-hybridized carbons (Fsp3) is 0.500. The zero-order chi connectivity index (χ0) is 9.94. The Morgan fingerprint density at radius 3 is 2.08 bits per heavy atom. The highest BCUT2D eigenvalue weighted by Gasteiger charge is 2.17. The van der Waals surface area contributed by atoms with E-state index < -0.39 is 21.4 Å². The minimum atomic E-state index is -3.65. The summed E-state index contributed by atoms with van der Waals surface area (Å²) in [5.41, 5.74) is 0. The minimum Gasteiger partial charge on any atom is -0.255 e.